The molecular formula is C24H34N2O3. The lowest BCUT2D eigenvalue weighted by molar-refractivity contribution is -0.141. The number of hydrogen-bond donors (Lipinski definition) is 0. The van der Waals surface area contributed by atoms with E-state index in [-0.39, 0.29) is 11.3 Å². The Morgan fingerprint density at radius 1 is 1.10 bits per heavy atom. The van der Waals surface area contributed by atoms with Gasteiger partial charge in [0.05, 0.1) is 0 Å². The van der Waals surface area contributed by atoms with Gasteiger partial charge in [-0.2, -0.15) is 0 Å². The summed E-state index contributed by atoms with van der Waals surface area (Å²) >= 11 is 0. The lowest BCUT2D eigenvalue weighted by Crippen LogP contribution is -2.50. The van der Waals surface area contributed by atoms with Crippen LogP contribution in [0.1, 0.15) is 57.4 Å². The molecule has 0 unspecified atom stereocenters. The number of fused-ring (bicyclic) bond motifs is 1. The minimum absolute atomic E-state index is 0.0382. The van der Waals surface area contributed by atoms with Crippen LogP contribution >= 0.6 is 0 Å². The Morgan fingerprint density at radius 2 is 1.83 bits per heavy atom. The molecule has 0 radical (unpaired) electrons. The SMILES string of the molecule is C[C@H]1Oc2ccccc2CCCCC2(CCN(C(=O)C3CC3)CC2)CN(C)C1=O. The quantitative estimate of drug-likeness (QED) is 0.725. The molecule has 1 aliphatic carbocycles. The van der Waals surface area contributed by atoms with E-state index < -0.39 is 6.10 Å². The fourth-order valence-electron chi connectivity index (χ4n) is 5.05. The highest BCUT2D eigenvalue weighted by Crippen LogP contribution is 2.40. The van der Waals surface area contributed by atoms with Gasteiger partial charge in [-0.25, -0.2) is 0 Å². The minimum atomic E-state index is -0.492. The number of aryl methyl sites for hydroxylation is 1. The highest BCUT2D eigenvalue weighted by atomic mass is 16.5. The molecule has 5 nitrogen and oxygen atoms in total. The summed E-state index contributed by atoms with van der Waals surface area (Å²) in [5, 5.41) is 0. The van der Waals surface area contributed by atoms with Gasteiger partial charge in [0, 0.05) is 32.6 Å². The van der Waals surface area contributed by atoms with Crippen molar-refractivity contribution >= 4 is 11.8 Å². The van der Waals surface area contributed by atoms with Gasteiger partial charge in [-0.05, 0) is 68.9 Å². The van der Waals surface area contributed by atoms with Crippen LogP contribution in [0.25, 0.3) is 0 Å². The predicted molar refractivity (Wildman–Crippen MR) is 113 cm³/mol. The number of hydrogen-bond acceptors (Lipinski definition) is 3. The van der Waals surface area contributed by atoms with Crippen LogP contribution in [0.3, 0.4) is 0 Å². The van der Waals surface area contributed by atoms with E-state index in [1.54, 1.807) is 0 Å². The zero-order chi connectivity index (χ0) is 20.4. The predicted octanol–water partition coefficient (Wildman–Crippen LogP) is 3.66. The molecule has 1 aromatic carbocycles. The molecule has 2 fully saturated rings. The average molecular weight is 399 g/mol. The zero-order valence-electron chi connectivity index (χ0n) is 17.9. The molecule has 1 aromatic rings. The first-order valence-electron chi connectivity index (χ1n) is 11.3. The molecule has 1 atom stereocenters. The summed E-state index contributed by atoms with van der Waals surface area (Å²) in [6.45, 7) is 4.29. The van der Waals surface area contributed by atoms with Crippen LogP contribution in [0.4, 0.5) is 0 Å². The second-order valence-corrected chi connectivity index (χ2v) is 9.37. The lowest BCUT2D eigenvalue weighted by Gasteiger charge is -2.44. The first-order chi connectivity index (χ1) is 14.0. The van der Waals surface area contributed by atoms with E-state index in [9.17, 15) is 9.59 Å². The summed E-state index contributed by atoms with van der Waals surface area (Å²) in [6, 6.07) is 8.09. The summed E-state index contributed by atoms with van der Waals surface area (Å²) < 4.78 is 6.06. The average Bonchev–Trinajstić information content (AvgIpc) is 3.56. The van der Waals surface area contributed by atoms with E-state index in [1.165, 1.54) is 5.56 Å². The standard InChI is InChI=1S/C24H34N2O3/c1-18-22(27)25(2)17-24(13-15-26(16-14-24)23(28)20-10-11-20)12-6-5-8-19-7-3-4-9-21(19)29-18/h3-4,7,9,18,20H,5-6,8,10-17H2,1-2H3/t18-/m1/s1. The maximum absolute atomic E-state index is 13.0. The van der Waals surface area contributed by atoms with Crippen molar-refractivity contribution in [3.05, 3.63) is 29.8 Å². The molecule has 0 bridgehead atoms. The first kappa shape index (κ1) is 20.2. The van der Waals surface area contributed by atoms with Crippen molar-refractivity contribution in [2.24, 2.45) is 11.3 Å². The van der Waals surface area contributed by atoms with Gasteiger partial charge in [0.15, 0.2) is 6.10 Å². The first-order valence-corrected chi connectivity index (χ1v) is 11.3. The molecule has 29 heavy (non-hydrogen) atoms. The second kappa shape index (κ2) is 8.37. The Kier molecular flexibility index (Phi) is 5.84. The highest BCUT2D eigenvalue weighted by Gasteiger charge is 2.41. The molecule has 0 N–H and O–H groups in total. The number of benzene rings is 1. The topological polar surface area (TPSA) is 49.9 Å². The third-order valence-corrected chi connectivity index (χ3v) is 7.04. The van der Waals surface area contributed by atoms with Gasteiger partial charge >= 0.3 is 0 Å². The summed E-state index contributed by atoms with van der Waals surface area (Å²) in [4.78, 5) is 29.4. The molecule has 1 spiro atoms. The summed E-state index contributed by atoms with van der Waals surface area (Å²) in [7, 11) is 1.91. The molecule has 3 aliphatic rings. The van der Waals surface area contributed by atoms with Gasteiger partial charge in [-0.3, -0.25) is 9.59 Å². The van der Waals surface area contributed by atoms with Gasteiger partial charge in [0.1, 0.15) is 5.75 Å². The third kappa shape index (κ3) is 4.59. The molecule has 5 heteroatoms. The number of likely N-dealkylation sites (N-methyl/N-ethyl adjacent to an activating group) is 1. The number of piperidine rings is 1. The third-order valence-electron chi connectivity index (χ3n) is 7.04. The number of rotatable bonds is 1. The molecule has 1 saturated heterocycles. The molecule has 4 rings (SSSR count). The Bertz CT molecular complexity index is 750. The smallest absolute Gasteiger partial charge is 0.263 e. The van der Waals surface area contributed by atoms with Crippen molar-refractivity contribution in [3.8, 4) is 5.75 Å². The highest BCUT2D eigenvalue weighted by molar-refractivity contribution is 5.81. The molecule has 1 saturated carbocycles. The molecule has 2 heterocycles. The Balaban J connectivity index is 1.48. The fraction of sp³-hybridized carbons (Fsp3) is 0.667. The van der Waals surface area contributed by atoms with Crippen molar-refractivity contribution < 1.29 is 14.3 Å². The van der Waals surface area contributed by atoms with E-state index in [2.05, 4.69) is 11.0 Å². The Hall–Kier alpha value is -2.04. The van der Waals surface area contributed by atoms with Crippen LogP contribution in [0.5, 0.6) is 5.75 Å². The maximum Gasteiger partial charge on any atom is 0.263 e. The Labute approximate surface area is 174 Å². The van der Waals surface area contributed by atoms with Gasteiger partial charge < -0.3 is 14.5 Å². The normalized spacial score (nSPS) is 25.6. The molecular weight excluding hydrogens is 364 g/mol. The molecule has 158 valence electrons. The molecule has 2 aliphatic heterocycles. The van der Waals surface area contributed by atoms with Crippen molar-refractivity contribution in [3.63, 3.8) is 0 Å². The van der Waals surface area contributed by atoms with Crippen LogP contribution in [0.15, 0.2) is 24.3 Å². The van der Waals surface area contributed by atoms with Gasteiger partial charge in [-0.1, -0.05) is 24.6 Å². The largest absolute Gasteiger partial charge is 0.481 e. The molecule has 0 aromatic heterocycles. The van der Waals surface area contributed by atoms with Gasteiger partial charge in [-0.15, -0.1) is 0 Å². The summed E-state index contributed by atoms with van der Waals surface area (Å²) in [6.07, 6.45) is 8.00. The lowest BCUT2D eigenvalue weighted by atomic mass is 9.73. The van der Waals surface area contributed by atoms with E-state index in [1.807, 2.05) is 37.1 Å². The van der Waals surface area contributed by atoms with Crippen molar-refractivity contribution in [2.45, 2.75) is 64.4 Å². The second-order valence-electron chi connectivity index (χ2n) is 9.37. The summed E-state index contributed by atoms with van der Waals surface area (Å²) in [5.41, 5.74) is 1.30. The van der Waals surface area contributed by atoms with Crippen LogP contribution in [0.2, 0.25) is 0 Å². The number of para-hydroxylation sites is 1. The number of carbonyl (C=O) groups is 2. The van der Waals surface area contributed by atoms with Crippen molar-refractivity contribution in [1.29, 1.82) is 0 Å². The van der Waals surface area contributed by atoms with Gasteiger partial charge in [0.25, 0.3) is 5.91 Å². The summed E-state index contributed by atoms with van der Waals surface area (Å²) in [5.74, 6) is 1.53. The number of likely N-dealkylation sites (tertiary alicyclic amines) is 1. The van der Waals surface area contributed by atoms with E-state index >= 15 is 0 Å². The minimum Gasteiger partial charge on any atom is -0.481 e. The monoisotopic (exact) mass is 398 g/mol. The Morgan fingerprint density at radius 3 is 2.55 bits per heavy atom. The van der Waals surface area contributed by atoms with Crippen molar-refractivity contribution in [2.75, 3.05) is 26.7 Å². The van der Waals surface area contributed by atoms with Crippen LogP contribution in [-0.4, -0.2) is 54.4 Å². The van der Waals surface area contributed by atoms with Crippen molar-refractivity contribution in [1.82, 2.24) is 9.80 Å². The van der Waals surface area contributed by atoms with E-state index in [0.717, 1.165) is 76.8 Å². The fourth-order valence-corrected chi connectivity index (χ4v) is 5.05. The van der Waals surface area contributed by atoms with Gasteiger partial charge in [0.2, 0.25) is 5.91 Å². The number of amides is 2. The van der Waals surface area contributed by atoms with Crippen LogP contribution in [-0.2, 0) is 16.0 Å². The van der Waals surface area contributed by atoms with Crippen LogP contribution < -0.4 is 4.74 Å². The van der Waals surface area contributed by atoms with E-state index in [4.69, 9.17) is 4.74 Å². The zero-order valence-corrected chi connectivity index (χ0v) is 17.9. The maximum atomic E-state index is 13.0. The molecule has 2 amide bonds. The van der Waals surface area contributed by atoms with E-state index in [0.29, 0.717) is 11.8 Å². The number of carbonyl (C=O) groups excluding carboxylic acids is 2. The number of ether oxygens (including phenoxy) is 1. The van der Waals surface area contributed by atoms with Crippen LogP contribution in [0, 0.1) is 11.3 Å². The number of nitrogens with zero attached hydrogens (tertiary/aromatic N) is 2.